The van der Waals surface area contributed by atoms with Crippen molar-refractivity contribution in [3.05, 3.63) is 71.8 Å². The van der Waals surface area contributed by atoms with Crippen LogP contribution < -0.4 is 10.6 Å². The van der Waals surface area contributed by atoms with Gasteiger partial charge in [0.15, 0.2) is 0 Å². The lowest BCUT2D eigenvalue weighted by atomic mass is 10.0. The number of halogens is 1. The molecule has 6 heterocycles. The summed E-state index contributed by atoms with van der Waals surface area (Å²) >= 11 is 4.60. The van der Waals surface area contributed by atoms with Gasteiger partial charge in [-0.25, -0.2) is 14.4 Å². The molecular formula is C39H59ClN6O7. The number of nitrogens with zero attached hydrogens (tertiary/aromatic N) is 4. The Kier molecular flexibility index (Phi) is 17.6. The van der Waals surface area contributed by atoms with E-state index in [1.54, 1.807) is 4.90 Å². The Balaban J connectivity index is 0.000000166. The summed E-state index contributed by atoms with van der Waals surface area (Å²) in [6, 6.07) is 21.4. The third-order valence-electron chi connectivity index (χ3n) is 10.9. The molecule has 2 amide bonds. The molecule has 14 heteroatoms. The summed E-state index contributed by atoms with van der Waals surface area (Å²) < 4.78 is 13.3. The fourth-order valence-corrected chi connectivity index (χ4v) is 8.40. The van der Waals surface area contributed by atoms with Gasteiger partial charge in [0.2, 0.25) is 0 Å². The second-order valence-corrected chi connectivity index (χ2v) is 14.7. The maximum atomic E-state index is 11.5. The molecular weight excluding hydrogens is 700 g/mol. The van der Waals surface area contributed by atoms with Gasteiger partial charge in [0.1, 0.15) is 0 Å². The van der Waals surface area contributed by atoms with E-state index in [-0.39, 0.29) is 12.2 Å². The highest BCUT2D eigenvalue weighted by Gasteiger charge is 2.42. The van der Waals surface area contributed by atoms with Crippen molar-refractivity contribution in [3.63, 3.8) is 0 Å². The second kappa shape index (κ2) is 22.0. The van der Waals surface area contributed by atoms with Crippen molar-refractivity contribution in [1.29, 1.82) is 0 Å². The van der Waals surface area contributed by atoms with E-state index >= 15 is 0 Å². The number of ether oxygens (including phenoxy) is 3. The van der Waals surface area contributed by atoms with Crippen molar-refractivity contribution in [2.45, 2.75) is 13.1 Å². The fourth-order valence-electron chi connectivity index (χ4n) is 8.40. The van der Waals surface area contributed by atoms with Crippen LogP contribution in [0, 0.1) is 35.5 Å². The van der Waals surface area contributed by atoms with Gasteiger partial charge in [-0.05, 0) is 59.7 Å². The Bertz CT molecular complexity index is 1360. The minimum Gasteiger partial charge on any atom is -0.457 e. The predicted octanol–water partition coefficient (Wildman–Crippen LogP) is 3.66. The number of aliphatic hydroxyl groups is 1. The number of benzene rings is 2. The summed E-state index contributed by atoms with van der Waals surface area (Å²) in [5.74, 6) is 4.36. The average molecular weight is 759 g/mol. The number of carbonyl (C=O) groups excluding carboxylic acids is 3. The number of aliphatic hydroxyl groups excluding tert-OH is 1. The van der Waals surface area contributed by atoms with E-state index in [9.17, 15) is 14.4 Å². The number of hydrogen-bond acceptors (Lipinski definition) is 11. The first-order valence-corrected chi connectivity index (χ1v) is 18.9. The number of rotatable bonds is 4. The second-order valence-electron chi connectivity index (χ2n) is 14.4. The number of nitrogens with one attached hydrogen (secondary N) is 2. The Morgan fingerprint density at radius 3 is 1.19 bits per heavy atom. The zero-order valence-corrected chi connectivity index (χ0v) is 32.5. The number of likely N-dealkylation sites (tertiary alicyclic amines) is 4. The summed E-state index contributed by atoms with van der Waals surface area (Å²) in [5, 5.41) is 13.8. The Hall–Kier alpha value is -3.46. The lowest BCUT2D eigenvalue weighted by Gasteiger charge is -2.20. The van der Waals surface area contributed by atoms with E-state index in [2.05, 4.69) is 102 Å². The van der Waals surface area contributed by atoms with Crippen LogP contribution in [0.25, 0.3) is 0 Å². The number of amides is 2. The van der Waals surface area contributed by atoms with Gasteiger partial charge in [0.05, 0.1) is 21.3 Å². The molecule has 0 bridgehead atoms. The SMILES string of the molecule is CO.COC(=O)Cl.COC(=O)N1C[C@H]2CN(Cc3ccccc3)C[C@H]2C1.COC(=O)N1C[C@H]2CNC[C@H]2C1.c1ccc(CN2C[C@H]3CNC[C@H]3C2)cc1. The highest BCUT2D eigenvalue weighted by atomic mass is 35.5. The van der Waals surface area contributed by atoms with Crippen LogP contribution >= 0.6 is 11.6 Å². The maximum Gasteiger partial charge on any atom is 0.409 e. The van der Waals surface area contributed by atoms with Crippen molar-refractivity contribution in [1.82, 2.24) is 30.2 Å². The number of methoxy groups -OCH3 is 3. The maximum absolute atomic E-state index is 11.5. The van der Waals surface area contributed by atoms with Crippen LogP contribution in [0.2, 0.25) is 0 Å². The van der Waals surface area contributed by atoms with E-state index in [1.807, 2.05) is 4.90 Å². The molecule has 0 radical (unpaired) electrons. The van der Waals surface area contributed by atoms with Gasteiger partial charge in [-0.3, -0.25) is 9.80 Å². The van der Waals surface area contributed by atoms with Crippen molar-refractivity contribution in [2.75, 3.05) is 107 Å². The van der Waals surface area contributed by atoms with Crippen LogP contribution in [0.1, 0.15) is 11.1 Å². The largest absolute Gasteiger partial charge is 0.457 e. The summed E-state index contributed by atoms with van der Waals surface area (Å²) in [5.41, 5.74) is 2.04. The molecule has 6 fully saturated rings. The van der Waals surface area contributed by atoms with Gasteiger partial charge in [-0.2, -0.15) is 0 Å². The van der Waals surface area contributed by atoms with Gasteiger partial charge in [0, 0.05) is 97.2 Å². The molecule has 6 aliphatic heterocycles. The summed E-state index contributed by atoms with van der Waals surface area (Å²) in [6.07, 6.45) is -0.353. The zero-order chi connectivity index (χ0) is 38.2. The first kappa shape index (κ1) is 42.3. The third kappa shape index (κ3) is 12.8. The molecule has 53 heavy (non-hydrogen) atoms. The Morgan fingerprint density at radius 1 is 0.566 bits per heavy atom. The number of fused-ring (bicyclic) bond motifs is 3. The zero-order valence-electron chi connectivity index (χ0n) is 31.7. The molecule has 2 aromatic rings. The van der Waals surface area contributed by atoms with Crippen LogP contribution in [0.3, 0.4) is 0 Å². The van der Waals surface area contributed by atoms with E-state index in [0.717, 1.165) is 84.4 Å². The molecule has 6 saturated heterocycles. The molecule has 13 nitrogen and oxygen atoms in total. The predicted molar refractivity (Wildman–Crippen MR) is 204 cm³/mol. The molecule has 6 atom stereocenters. The van der Waals surface area contributed by atoms with Gasteiger partial charge in [-0.15, -0.1) is 0 Å². The quantitative estimate of drug-likeness (QED) is 0.312. The molecule has 0 unspecified atom stereocenters. The number of carbonyl (C=O) groups is 3. The lowest BCUT2D eigenvalue weighted by molar-refractivity contribution is 0.127. The minimum atomic E-state index is -0.773. The normalized spacial score (nSPS) is 26.5. The Morgan fingerprint density at radius 2 is 0.868 bits per heavy atom. The first-order valence-electron chi connectivity index (χ1n) is 18.5. The summed E-state index contributed by atoms with van der Waals surface area (Å²) in [6.45, 7) is 14.9. The molecule has 6 aliphatic rings. The van der Waals surface area contributed by atoms with Crippen molar-refractivity contribution in [2.24, 2.45) is 35.5 Å². The van der Waals surface area contributed by atoms with Crippen LogP contribution in [-0.2, 0) is 27.3 Å². The molecule has 0 saturated carbocycles. The van der Waals surface area contributed by atoms with Crippen LogP contribution in [-0.4, -0.2) is 149 Å². The molecule has 3 N–H and O–H groups in total. The van der Waals surface area contributed by atoms with Crippen molar-refractivity contribution >= 4 is 29.2 Å². The molecule has 0 aliphatic carbocycles. The third-order valence-corrected chi connectivity index (χ3v) is 11.1. The van der Waals surface area contributed by atoms with Crippen LogP contribution in [0.15, 0.2) is 60.7 Å². The average Bonchev–Trinajstić information content (AvgIpc) is 4.03. The van der Waals surface area contributed by atoms with E-state index in [0.29, 0.717) is 23.7 Å². The minimum absolute atomic E-state index is 0.176. The molecule has 2 aromatic carbocycles. The lowest BCUT2D eigenvalue weighted by Crippen LogP contribution is -2.32. The standard InChI is InChI=1S/C15H20N2O2.C13H18N2.C8H14N2O2.C2H3ClO2.CH4O/c1-19-15(18)17-10-13-8-16(9-14(13)11-17)7-12-5-3-2-4-6-12;1-2-4-11(5-3-1)8-15-9-12-6-14-7-13(12)10-15;1-12-8(11)10-4-6-2-9-3-7(6)5-10;1-5-2(3)4;1-2/h2-6,13-14H,7-11H2,1H3;1-5,12-14H,6-10H2;6-7,9H,2-5H2,1H3;1H3;2H,1H3/t13-,14+;12-,13+;6-,7+;;. The highest BCUT2D eigenvalue weighted by molar-refractivity contribution is 6.61. The number of hydrogen-bond donors (Lipinski definition) is 3. The Labute approximate surface area is 319 Å². The molecule has 294 valence electrons. The van der Waals surface area contributed by atoms with Crippen LogP contribution in [0.4, 0.5) is 14.4 Å². The van der Waals surface area contributed by atoms with E-state index in [4.69, 9.17) is 9.84 Å². The smallest absolute Gasteiger partial charge is 0.409 e. The first-order chi connectivity index (χ1) is 25.8. The van der Waals surface area contributed by atoms with Gasteiger partial charge >= 0.3 is 17.6 Å². The summed E-state index contributed by atoms with van der Waals surface area (Å²) in [4.78, 5) is 40.7. The molecule has 0 aromatic heterocycles. The summed E-state index contributed by atoms with van der Waals surface area (Å²) in [7, 11) is 5.11. The van der Waals surface area contributed by atoms with Gasteiger partial charge in [0.25, 0.3) is 0 Å². The van der Waals surface area contributed by atoms with Gasteiger partial charge in [-0.1, -0.05) is 60.7 Å². The van der Waals surface area contributed by atoms with Gasteiger partial charge < -0.3 is 39.8 Å². The van der Waals surface area contributed by atoms with Crippen molar-refractivity contribution < 1.29 is 33.7 Å². The molecule has 8 rings (SSSR count). The van der Waals surface area contributed by atoms with Crippen LogP contribution in [0.5, 0.6) is 0 Å². The molecule has 0 spiro atoms. The van der Waals surface area contributed by atoms with E-state index < -0.39 is 5.43 Å². The van der Waals surface area contributed by atoms with E-state index in [1.165, 1.54) is 58.6 Å². The topological polar surface area (TPSA) is 136 Å². The highest BCUT2D eigenvalue weighted by Crippen LogP contribution is 2.32. The fraction of sp³-hybridized carbons (Fsp3) is 0.615. The monoisotopic (exact) mass is 758 g/mol. The van der Waals surface area contributed by atoms with Crippen molar-refractivity contribution in [3.8, 4) is 0 Å².